The quantitative estimate of drug-likeness (QED) is 0.772. The number of hydrogen-bond acceptors (Lipinski definition) is 5. The summed E-state index contributed by atoms with van der Waals surface area (Å²) in [6.07, 6.45) is 0. The van der Waals surface area contributed by atoms with Crippen molar-refractivity contribution in [3.8, 4) is 0 Å². The van der Waals surface area contributed by atoms with Gasteiger partial charge in [0.25, 0.3) is 5.91 Å². The molecule has 0 aliphatic carbocycles. The molecule has 1 aliphatic rings. The molecule has 28 heavy (non-hydrogen) atoms. The van der Waals surface area contributed by atoms with Crippen molar-refractivity contribution in [1.82, 2.24) is 9.62 Å². The van der Waals surface area contributed by atoms with Crippen LogP contribution in [0.15, 0.2) is 53.4 Å². The predicted octanol–water partition coefficient (Wildman–Crippen LogP) is 1.99. The fraction of sp³-hybridized carbons (Fsp3) is 0.350. The smallest absolute Gasteiger partial charge is 0.255 e. The summed E-state index contributed by atoms with van der Waals surface area (Å²) in [5.41, 5.74) is 2.09. The zero-order valence-electron chi connectivity index (χ0n) is 16.2. The Bertz CT molecular complexity index is 921. The highest BCUT2D eigenvalue weighted by molar-refractivity contribution is 7.89. The van der Waals surface area contributed by atoms with Crippen molar-refractivity contribution in [3.05, 3.63) is 54.1 Å². The van der Waals surface area contributed by atoms with E-state index in [9.17, 15) is 13.2 Å². The molecule has 2 aromatic rings. The molecule has 0 atom stereocenters. The number of amides is 1. The van der Waals surface area contributed by atoms with E-state index in [0.717, 1.165) is 31.9 Å². The van der Waals surface area contributed by atoms with Crippen LogP contribution in [0.3, 0.4) is 0 Å². The van der Waals surface area contributed by atoms with E-state index in [2.05, 4.69) is 26.9 Å². The average molecular weight is 403 g/mol. The summed E-state index contributed by atoms with van der Waals surface area (Å²) < 4.78 is 26.7. The van der Waals surface area contributed by atoms with Gasteiger partial charge in [-0.3, -0.25) is 4.79 Å². The van der Waals surface area contributed by atoms with Crippen molar-refractivity contribution in [1.29, 1.82) is 0 Å². The van der Waals surface area contributed by atoms with Gasteiger partial charge >= 0.3 is 0 Å². The molecular weight excluding hydrogens is 376 g/mol. The molecule has 150 valence electrons. The highest BCUT2D eigenvalue weighted by Gasteiger charge is 2.16. The van der Waals surface area contributed by atoms with Gasteiger partial charge in [-0.2, -0.15) is 0 Å². The molecule has 1 aliphatic heterocycles. The molecule has 8 heteroatoms. The summed E-state index contributed by atoms with van der Waals surface area (Å²) in [6.45, 7) is 6.03. The molecule has 2 N–H and O–H groups in total. The van der Waals surface area contributed by atoms with Crippen molar-refractivity contribution in [2.75, 3.05) is 50.0 Å². The number of rotatable bonds is 6. The van der Waals surface area contributed by atoms with E-state index >= 15 is 0 Å². The van der Waals surface area contributed by atoms with Crippen molar-refractivity contribution in [2.24, 2.45) is 0 Å². The number of nitrogens with one attached hydrogen (secondary N) is 2. The van der Waals surface area contributed by atoms with Crippen LogP contribution in [0.1, 0.15) is 17.3 Å². The Morgan fingerprint density at radius 2 is 1.71 bits per heavy atom. The maximum atomic E-state index is 12.5. The Balaban J connectivity index is 1.68. The van der Waals surface area contributed by atoms with Crippen LogP contribution >= 0.6 is 0 Å². The second-order valence-electron chi connectivity index (χ2n) is 6.82. The van der Waals surface area contributed by atoms with Crippen LogP contribution in [0.4, 0.5) is 11.4 Å². The van der Waals surface area contributed by atoms with E-state index in [1.807, 2.05) is 24.3 Å². The lowest BCUT2D eigenvalue weighted by Crippen LogP contribution is -2.44. The van der Waals surface area contributed by atoms with E-state index < -0.39 is 10.0 Å². The Labute approximate surface area is 166 Å². The first kappa shape index (κ1) is 20.3. The maximum absolute atomic E-state index is 12.5. The Hall–Kier alpha value is -2.42. The molecule has 0 spiro atoms. The van der Waals surface area contributed by atoms with Crippen LogP contribution in [0.2, 0.25) is 0 Å². The van der Waals surface area contributed by atoms with Gasteiger partial charge in [-0.1, -0.05) is 13.0 Å². The first-order valence-electron chi connectivity index (χ1n) is 9.33. The van der Waals surface area contributed by atoms with Gasteiger partial charge in [0.15, 0.2) is 0 Å². The zero-order valence-corrected chi connectivity index (χ0v) is 17.0. The topological polar surface area (TPSA) is 81.7 Å². The lowest BCUT2D eigenvalue weighted by atomic mass is 10.2. The molecule has 1 heterocycles. The normalized spacial score (nSPS) is 15.4. The van der Waals surface area contributed by atoms with Gasteiger partial charge in [0.2, 0.25) is 10.0 Å². The number of likely N-dealkylation sites (N-methyl/N-ethyl adjacent to an activating group) is 1. The number of anilines is 2. The largest absolute Gasteiger partial charge is 0.369 e. The third-order valence-electron chi connectivity index (χ3n) is 4.73. The third-order valence-corrected chi connectivity index (χ3v) is 6.28. The molecule has 0 unspecified atom stereocenters. The van der Waals surface area contributed by atoms with E-state index in [1.165, 1.54) is 12.1 Å². The van der Waals surface area contributed by atoms with Gasteiger partial charge in [-0.05, 0) is 49.5 Å². The first-order valence-corrected chi connectivity index (χ1v) is 10.8. The van der Waals surface area contributed by atoms with Crippen LogP contribution in [0, 0.1) is 0 Å². The molecule has 0 radical (unpaired) electrons. The van der Waals surface area contributed by atoms with Crippen molar-refractivity contribution in [2.45, 2.75) is 11.8 Å². The lowest BCUT2D eigenvalue weighted by Gasteiger charge is -2.34. The van der Waals surface area contributed by atoms with Gasteiger partial charge in [-0.25, -0.2) is 13.1 Å². The van der Waals surface area contributed by atoms with Gasteiger partial charge in [-0.15, -0.1) is 0 Å². The van der Waals surface area contributed by atoms with Gasteiger partial charge < -0.3 is 15.1 Å². The van der Waals surface area contributed by atoms with Crippen molar-refractivity contribution in [3.63, 3.8) is 0 Å². The monoisotopic (exact) mass is 402 g/mol. The summed E-state index contributed by atoms with van der Waals surface area (Å²) in [5, 5.41) is 2.83. The van der Waals surface area contributed by atoms with E-state index in [1.54, 1.807) is 19.1 Å². The zero-order chi connectivity index (χ0) is 20.1. The summed E-state index contributed by atoms with van der Waals surface area (Å²) in [5.74, 6) is -0.346. The van der Waals surface area contributed by atoms with Crippen LogP contribution in [0.25, 0.3) is 0 Å². The van der Waals surface area contributed by atoms with Gasteiger partial charge in [0, 0.05) is 49.7 Å². The molecular formula is C20H26N4O3S. The van der Waals surface area contributed by atoms with Crippen molar-refractivity contribution >= 4 is 27.3 Å². The molecule has 2 aromatic carbocycles. The highest BCUT2D eigenvalue weighted by atomic mass is 32.2. The van der Waals surface area contributed by atoms with E-state index in [0.29, 0.717) is 17.8 Å². The number of carbonyl (C=O) groups is 1. The fourth-order valence-electron chi connectivity index (χ4n) is 3.10. The SMILES string of the molecule is CCNS(=O)(=O)c1cccc(C(=O)Nc2ccc(N3CCN(C)CC3)cc2)c1. The summed E-state index contributed by atoms with van der Waals surface area (Å²) >= 11 is 0. The Morgan fingerprint density at radius 1 is 1.04 bits per heavy atom. The lowest BCUT2D eigenvalue weighted by molar-refractivity contribution is 0.102. The summed E-state index contributed by atoms with van der Waals surface area (Å²) in [7, 11) is -1.48. The minimum Gasteiger partial charge on any atom is -0.369 e. The predicted molar refractivity (Wildman–Crippen MR) is 111 cm³/mol. The van der Waals surface area contributed by atoms with E-state index in [-0.39, 0.29) is 10.8 Å². The van der Waals surface area contributed by atoms with Crippen LogP contribution in [-0.4, -0.2) is 59.0 Å². The number of hydrogen-bond donors (Lipinski definition) is 2. The minimum absolute atomic E-state index is 0.0763. The van der Waals surface area contributed by atoms with Crippen LogP contribution < -0.4 is 14.9 Å². The Morgan fingerprint density at radius 3 is 2.36 bits per heavy atom. The Kier molecular flexibility index (Phi) is 6.33. The van der Waals surface area contributed by atoms with E-state index in [4.69, 9.17) is 0 Å². The highest BCUT2D eigenvalue weighted by Crippen LogP contribution is 2.20. The molecule has 0 bridgehead atoms. The number of benzene rings is 2. The molecule has 3 rings (SSSR count). The first-order chi connectivity index (χ1) is 13.4. The molecule has 0 aromatic heterocycles. The second kappa shape index (κ2) is 8.72. The molecule has 0 saturated carbocycles. The summed E-state index contributed by atoms with van der Waals surface area (Å²) in [4.78, 5) is 17.2. The standard InChI is InChI=1S/C20H26N4O3S/c1-3-21-28(26,27)19-6-4-5-16(15-19)20(25)22-17-7-9-18(10-8-17)24-13-11-23(2)12-14-24/h4-10,15,21H,3,11-14H2,1-2H3,(H,22,25). The van der Waals surface area contributed by atoms with Gasteiger partial charge in [0.05, 0.1) is 4.90 Å². The maximum Gasteiger partial charge on any atom is 0.255 e. The van der Waals surface area contributed by atoms with Crippen LogP contribution in [-0.2, 0) is 10.0 Å². The van der Waals surface area contributed by atoms with Crippen LogP contribution in [0.5, 0.6) is 0 Å². The fourth-order valence-corrected chi connectivity index (χ4v) is 4.19. The number of sulfonamides is 1. The third kappa shape index (κ3) is 4.89. The number of nitrogens with zero attached hydrogens (tertiary/aromatic N) is 2. The molecule has 1 fully saturated rings. The molecule has 1 amide bonds. The van der Waals surface area contributed by atoms with Crippen molar-refractivity contribution < 1.29 is 13.2 Å². The second-order valence-corrected chi connectivity index (χ2v) is 8.59. The number of carbonyl (C=O) groups excluding carboxylic acids is 1. The molecule has 1 saturated heterocycles. The number of piperazine rings is 1. The molecule has 7 nitrogen and oxygen atoms in total. The summed E-state index contributed by atoms with van der Waals surface area (Å²) in [6, 6.07) is 13.7. The van der Waals surface area contributed by atoms with Gasteiger partial charge in [0.1, 0.15) is 0 Å². The average Bonchev–Trinajstić information content (AvgIpc) is 2.69. The minimum atomic E-state index is -3.60.